The molecule has 0 radical (unpaired) electrons. The predicted molar refractivity (Wildman–Crippen MR) is 112 cm³/mol. The molecule has 0 fully saturated rings. The van der Waals surface area contributed by atoms with Crippen LogP contribution in [0.25, 0.3) is 6.08 Å². The van der Waals surface area contributed by atoms with Crippen LogP contribution in [0.2, 0.25) is 0 Å². The van der Waals surface area contributed by atoms with Gasteiger partial charge in [0.15, 0.2) is 0 Å². The van der Waals surface area contributed by atoms with E-state index in [9.17, 15) is 14.7 Å². The van der Waals surface area contributed by atoms with E-state index in [1.54, 1.807) is 18.2 Å². The van der Waals surface area contributed by atoms with Crippen molar-refractivity contribution in [3.63, 3.8) is 0 Å². The molecule has 2 atom stereocenters. The second-order valence-electron chi connectivity index (χ2n) is 8.18. The molecule has 7 heteroatoms. The molecule has 1 N–H and O–H groups in total. The fourth-order valence-electron chi connectivity index (χ4n) is 3.88. The van der Waals surface area contributed by atoms with Gasteiger partial charge in [0.05, 0.1) is 24.2 Å². The first kappa shape index (κ1) is 20.9. The highest BCUT2D eigenvalue weighted by atomic mass is 16.5. The summed E-state index contributed by atoms with van der Waals surface area (Å²) in [6, 6.07) is 8.34. The standard InChI is InChI=1S/C24H24O7/c1-13(25)29-15-5-6-16(21(11-15)30-14(2)26)19-12-28-23-17-9-10-24(3,4)31-20(17)8-7-18(23)22(19)27/h5-11,19,22,27H,12H2,1-4H3/t19-,22-/m0/s1. The van der Waals surface area contributed by atoms with Crippen molar-refractivity contribution in [3.05, 3.63) is 53.1 Å². The molecular formula is C24H24O7. The van der Waals surface area contributed by atoms with Crippen LogP contribution >= 0.6 is 0 Å². The van der Waals surface area contributed by atoms with Crippen molar-refractivity contribution < 1.29 is 33.6 Å². The number of ether oxygens (including phenoxy) is 4. The topological polar surface area (TPSA) is 91.3 Å². The quantitative estimate of drug-likeness (QED) is 0.590. The van der Waals surface area contributed by atoms with Crippen LogP contribution in [-0.4, -0.2) is 29.3 Å². The van der Waals surface area contributed by atoms with Gasteiger partial charge in [-0.25, -0.2) is 0 Å². The van der Waals surface area contributed by atoms with Crippen LogP contribution in [0, 0.1) is 0 Å². The summed E-state index contributed by atoms with van der Waals surface area (Å²) in [5, 5.41) is 11.2. The maximum atomic E-state index is 11.6. The monoisotopic (exact) mass is 424 g/mol. The first-order chi connectivity index (χ1) is 14.6. The number of esters is 2. The van der Waals surface area contributed by atoms with Crippen LogP contribution in [0.5, 0.6) is 23.0 Å². The van der Waals surface area contributed by atoms with E-state index in [0.717, 1.165) is 5.56 Å². The Morgan fingerprint density at radius 1 is 1.06 bits per heavy atom. The van der Waals surface area contributed by atoms with E-state index < -0.39 is 29.6 Å². The fraction of sp³-hybridized carbons (Fsp3) is 0.333. The van der Waals surface area contributed by atoms with Crippen molar-refractivity contribution in [1.82, 2.24) is 0 Å². The van der Waals surface area contributed by atoms with Crippen molar-refractivity contribution in [3.8, 4) is 23.0 Å². The number of aliphatic hydroxyl groups excluding tert-OH is 1. The van der Waals surface area contributed by atoms with E-state index in [0.29, 0.717) is 22.6 Å². The fourth-order valence-corrected chi connectivity index (χ4v) is 3.88. The largest absolute Gasteiger partial charge is 0.492 e. The van der Waals surface area contributed by atoms with E-state index in [2.05, 4.69) is 0 Å². The van der Waals surface area contributed by atoms with Gasteiger partial charge < -0.3 is 24.1 Å². The molecule has 7 nitrogen and oxygen atoms in total. The van der Waals surface area contributed by atoms with E-state index in [-0.39, 0.29) is 18.1 Å². The lowest BCUT2D eigenvalue weighted by Crippen LogP contribution is -2.29. The molecule has 2 aliphatic heterocycles. The maximum Gasteiger partial charge on any atom is 0.308 e. The molecule has 0 saturated carbocycles. The van der Waals surface area contributed by atoms with Crippen LogP contribution in [0.1, 0.15) is 56.4 Å². The highest BCUT2D eigenvalue weighted by molar-refractivity contribution is 5.73. The second-order valence-corrected chi connectivity index (χ2v) is 8.18. The third-order valence-electron chi connectivity index (χ3n) is 5.22. The Morgan fingerprint density at radius 2 is 1.77 bits per heavy atom. The summed E-state index contributed by atoms with van der Waals surface area (Å²) in [6.07, 6.45) is 3.00. The lowest BCUT2D eigenvalue weighted by Gasteiger charge is -2.35. The Labute approximate surface area is 180 Å². The molecule has 162 valence electrons. The lowest BCUT2D eigenvalue weighted by atomic mass is 9.85. The number of benzene rings is 2. The van der Waals surface area contributed by atoms with Gasteiger partial charge in [0.1, 0.15) is 28.6 Å². The number of fused-ring (bicyclic) bond motifs is 3. The third-order valence-corrected chi connectivity index (χ3v) is 5.22. The van der Waals surface area contributed by atoms with Crippen molar-refractivity contribution in [1.29, 1.82) is 0 Å². The molecule has 0 spiro atoms. The number of hydrogen-bond donors (Lipinski definition) is 1. The van der Waals surface area contributed by atoms with Gasteiger partial charge in [0, 0.05) is 31.0 Å². The smallest absolute Gasteiger partial charge is 0.308 e. The van der Waals surface area contributed by atoms with Gasteiger partial charge in [-0.2, -0.15) is 0 Å². The second kappa shape index (κ2) is 7.74. The zero-order valence-corrected chi connectivity index (χ0v) is 17.8. The summed E-state index contributed by atoms with van der Waals surface area (Å²) < 4.78 is 22.5. The van der Waals surface area contributed by atoms with Gasteiger partial charge in [-0.15, -0.1) is 0 Å². The Bertz CT molecular complexity index is 1080. The van der Waals surface area contributed by atoms with Gasteiger partial charge in [-0.1, -0.05) is 6.07 Å². The molecule has 31 heavy (non-hydrogen) atoms. The molecule has 2 aliphatic rings. The first-order valence-corrected chi connectivity index (χ1v) is 10.0. The molecule has 0 amide bonds. The van der Waals surface area contributed by atoms with Crippen molar-refractivity contribution in [2.45, 2.75) is 45.3 Å². The molecule has 0 bridgehead atoms. The molecule has 0 aliphatic carbocycles. The average molecular weight is 424 g/mol. The van der Waals surface area contributed by atoms with Gasteiger partial charge in [0.2, 0.25) is 0 Å². The summed E-state index contributed by atoms with van der Waals surface area (Å²) in [5.41, 5.74) is 1.58. The molecule has 2 aromatic carbocycles. The van der Waals surface area contributed by atoms with Crippen LogP contribution in [0.15, 0.2) is 36.4 Å². The number of aliphatic hydroxyl groups is 1. The van der Waals surface area contributed by atoms with Crippen LogP contribution < -0.4 is 18.9 Å². The van der Waals surface area contributed by atoms with Gasteiger partial charge >= 0.3 is 11.9 Å². The van der Waals surface area contributed by atoms with E-state index in [4.69, 9.17) is 18.9 Å². The minimum absolute atomic E-state index is 0.170. The van der Waals surface area contributed by atoms with Crippen LogP contribution in [0.4, 0.5) is 0 Å². The molecule has 0 saturated heterocycles. The van der Waals surface area contributed by atoms with E-state index in [1.165, 1.54) is 19.9 Å². The van der Waals surface area contributed by atoms with Gasteiger partial charge in [-0.3, -0.25) is 9.59 Å². The summed E-state index contributed by atoms with van der Waals surface area (Å²) in [4.78, 5) is 22.9. The molecule has 4 rings (SSSR count). The SMILES string of the molecule is CC(=O)Oc1ccc([C@@H]2COc3c(ccc4c3C=CC(C)(C)O4)[C@@H]2O)c(OC(C)=O)c1. The highest BCUT2D eigenvalue weighted by Crippen LogP contribution is 2.48. The number of hydrogen-bond acceptors (Lipinski definition) is 7. The predicted octanol–water partition coefficient (Wildman–Crippen LogP) is 3.93. The molecule has 2 aromatic rings. The van der Waals surface area contributed by atoms with E-state index in [1.807, 2.05) is 32.1 Å². The normalized spacial score (nSPS) is 20.5. The van der Waals surface area contributed by atoms with Crippen molar-refractivity contribution in [2.75, 3.05) is 6.61 Å². The summed E-state index contributed by atoms with van der Waals surface area (Å²) >= 11 is 0. The minimum atomic E-state index is -0.897. The Hall–Kier alpha value is -3.32. The molecule has 2 heterocycles. The Balaban J connectivity index is 1.70. The number of rotatable bonds is 3. The molecule has 0 unspecified atom stereocenters. The maximum absolute atomic E-state index is 11.6. The van der Waals surface area contributed by atoms with Gasteiger partial charge in [0.25, 0.3) is 0 Å². The summed E-state index contributed by atoms with van der Waals surface area (Å²) in [5.74, 6) is 0.243. The van der Waals surface area contributed by atoms with Gasteiger partial charge in [-0.05, 0) is 44.2 Å². The molecular weight excluding hydrogens is 400 g/mol. The summed E-state index contributed by atoms with van der Waals surface area (Å²) in [6.45, 7) is 6.67. The number of carbonyl (C=O) groups is 2. The Morgan fingerprint density at radius 3 is 2.48 bits per heavy atom. The Kier molecular flexibility index (Phi) is 5.23. The van der Waals surface area contributed by atoms with E-state index >= 15 is 0 Å². The minimum Gasteiger partial charge on any atom is -0.492 e. The van der Waals surface area contributed by atoms with Crippen molar-refractivity contribution >= 4 is 18.0 Å². The molecule has 0 aromatic heterocycles. The zero-order chi connectivity index (χ0) is 22.3. The number of carbonyl (C=O) groups excluding carboxylic acids is 2. The first-order valence-electron chi connectivity index (χ1n) is 10.0. The lowest BCUT2D eigenvalue weighted by molar-refractivity contribution is -0.132. The van der Waals surface area contributed by atoms with Crippen LogP contribution in [-0.2, 0) is 9.59 Å². The third kappa shape index (κ3) is 4.14. The average Bonchev–Trinajstić information content (AvgIpc) is 2.67. The van der Waals surface area contributed by atoms with Crippen LogP contribution in [0.3, 0.4) is 0 Å². The van der Waals surface area contributed by atoms with Crippen molar-refractivity contribution in [2.24, 2.45) is 0 Å². The summed E-state index contributed by atoms with van der Waals surface area (Å²) in [7, 11) is 0. The highest BCUT2D eigenvalue weighted by Gasteiger charge is 2.36. The zero-order valence-electron chi connectivity index (χ0n) is 17.8.